The van der Waals surface area contributed by atoms with Crippen LogP contribution in [-0.2, 0) is 6.42 Å². The average Bonchev–Trinajstić information content (AvgIpc) is 3.29. The van der Waals surface area contributed by atoms with Gasteiger partial charge in [0.05, 0.1) is 17.3 Å². The number of rotatable bonds is 4. The molecule has 0 unspecified atom stereocenters. The Kier molecular flexibility index (Phi) is 4.28. The fourth-order valence-electron chi connectivity index (χ4n) is 3.29. The van der Waals surface area contributed by atoms with Crippen LogP contribution in [0.5, 0.6) is 0 Å². The van der Waals surface area contributed by atoms with Gasteiger partial charge in [0, 0.05) is 39.1 Å². The number of nitrogens with one attached hydrogen (secondary N) is 1. The number of furan rings is 1. The van der Waals surface area contributed by atoms with Crippen LogP contribution < -0.4 is 0 Å². The number of carbonyl (C=O) groups excluding carboxylic acids is 1. The highest BCUT2D eigenvalue weighted by Crippen LogP contribution is 2.14. The third kappa shape index (κ3) is 3.44. The molecule has 0 saturated carbocycles. The zero-order valence-electron chi connectivity index (χ0n) is 14.4. The molecule has 25 heavy (non-hydrogen) atoms. The number of carbonyl (C=O) groups is 1. The molecule has 0 spiro atoms. The van der Waals surface area contributed by atoms with Crippen molar-refractivity contribution in [3.63, 3.8) is 0 Å². The zero-order chi connectivity index (χ0) is 17.2. The average molecular weight is 338 g/mol. The summed E-state index contributed by atoms with van der Waals surface area (Å²) in [5.41, 5.74) is 3.36. The normalized spacial score (nSPS) is 15.8. The van der Waals surface area contributed by atoms with E-state index in [-0.39, 0.29) is 5.91 Å². The Labute approximate surface area is 146 Å². The summed E-state index contributed by atoms with van der Waals surface area (Å²) in [4.78, 5) is 24.6. The summed E-state index contributed by atoms with van der Waals surface area (Å²) in [6.45, 7) is 6.26. The summed E-state index contributed by atoms with van der Waals surface area (Å²) >= 11 is 0. The molecule has 6 heteroatoms. The van der Waals surface area contributed by atoms with Crippen LogP contribution in [0.4, 0.5) is 0 Å². The smallest absolute Gasteiger partial charge is 0.289 e. The van der Waals surface area contributed by atoms with Gasteiger partial charge in [-0.3, -0.25) is 9.69 Å². The van der Waals surface area contributed by atoms with E-state index in [1.807, 2.05) is 4.90 Å². The first kappa shape index (κ1) is 15.9. The number of hydrogen-bond acceptors (Lipinski definition) is 4. The summed E-state index contributed by atoms with van der Waals surface area (Å²) in [5.74, 6) is 1.43. The van der Waals surface area contributed by atoms with E-state index in [0.717, 1.165) is 56.0 Å². The van der Waals surface area contributed by atoms with E-state index in [1.165, 1.54) is 11.8 Å². The van der Waals surface area contributed by atoms with Gasteiger partial charge in [-0.2, -0.15) is 0 Å². The molecule has 1 aliphatic heterocycles. The van der Waals surface area contributed by atoms with E-state index in [9.17, 15) is 4.79 Å². The lowest BCUT2D eigenvalue weighted by Crippen LogP contribution is -2.49. The van der Waals surface area contributed by atoms with Gasteiger partial charge >= 0.3 is 0 Å². The molecule has 130 valence electrons. The lowest BCUT2D eigenvalue weighted by molar-refractivity contribution is 0.0607. The third-order valence-electron chi connectivity index (χ3n) is 4.74. The number of imidazole rings is 1. The van der Waals surface area contributed by atoms with Crippen LogP contribution in [0.2, 0.25) is 0 Å². The number of amides is 1. The maximum absolute atomic E-state index is 12.3. The zero-order valence-corrected chi connectivity index (χ0v) is 14.4. The van der Waals surface area contributed by atoms with Crippen molar-refractivity contribution in [1.82, 2.24) is 19.8 Å². The second-order valence-electron chi connectivity index (χ2n) is 6.57. The van der Waals surface area contributed by atoms with E-state index < -0.39 is 0 Å². The Balaban J connectivity index is 1.30. The number of aryl methyl sites for hydroxylation is 1. The molecule has 1 aliphatic rings. The molecule has 0 bridgehead atoms. The van der Waals surface area contributed by atoms with Crippen molar-refractivity contribution < 1.29 is 9.21 Å². The molecule has 0 aliphatic carbocycles. The largest absolute Gasteiger partial charge is 0.459 e. The van der Waals surface area contributed by atoms with Gasteiger partial charge in [-0.05, 0) is 36.8 Å². The molecule has 1 saturated heterocycles. The van der Waals surface area contributed by atoms with Crippen LogP contribution in [0.3, 0.4) is 0 Å². The minimum atomic E-state index is -0.0164. The van der Waals surface area contributed by atoms with E-state index in [0.29, 0.717) is 5.76 Å². The summed E-state index contributed by atoms with van der Waals surface area (Å²) < 4.78 is 5.20. The van der Waals surface area contributed by atoms with Gasteiger partial charge in [0.1, 0.15) is 5.82 Å². The second kappa shape index (κ2) is 6.72. The van der Waals surface area contributed by atoms with Gasteiger partial charge in [0.2, 0.25) is 0 Å². The van der Waals surface area contributed by atoms with Gasteiger partial charge in [0.15, 0.2) is 5.76 Å². The fourth-order valence-corrected chi connectivity index (χ4v) is 3.29. The SMILES string of the molecule is Cc1ccc2nc(CCN3CCN(C(=O)c4ccco4)CC3)[nH]c2c1. The number of aromatic amines is 1. The van der Waals surface area contributed by atoms with Gasteiger partial charge in [0.25, 0.3) is 5.91 Å². The first-order valence-corrected chi connectivity index (χ1v) is 8.69. The van der Waals surface area contributed by atoms with Crippen molar-refractivity contribution in [1.29, 1.82) is 0 Å². The predicted molar refractivity (Wildman–Crippen MR) is 95.6 cm³/mol. The van der Waals surface area contributed by atoms with Crippen molar-refractivity contribution in [2.75, 3.05) is 32.7 Å². The maximum Gasteiger partial charge on any atom is 0.289 e. The monoisotopic (exact) mass is 338 g/mol. The van der Waals surface area contributed by atoms with E-state index in [4.69, 9.17) is 4.42 Å². The molecule has 1 N–H and O–H groups in total. The number of piperazine rings is 1. The van der Waals surface area contributed by atoms with Crippen LogP contribution in [0.25, 0.3) is 11.0 Å². The van der Waals surface area contributed by atoms with Crippen molar-refractivity contribution >= 4 is 16.9 Å². The van der Waals surface area contributed by atoms with E-state index in [1.54, 1.807) is 12.1 Å². The molecule has 3 aromatic rings. The molecule has 4 rings (SSSR count). The number of benzene rings is 1. The molecule has 1 fully saturated rings. The molecular weight excluding hydrogens is 316 g/mol. The topological polar surface area (TPSA) is 65.4 Å². The molecule has 6 nitrogen and oxygen atoms in total. The van der Waals surface area contributed by atoms with Gasteiger partial charge in [-0.1, -0.05) is 6.07 Å². The summed E-state index contributed by atoms with van der Waals surface area (Å²) in [6.07, 6.45) is 2.43. The quantitative estimate of drug-likeness (QED) is 0.794. The standard InChI is InChI=1S/C19H22N4O2/c1-14-4-5-15-16(13-14)21-18(20-15)6-7-22-8-10-23(11-9-22)19(24)17-3-2-12-25-17/h2-5,12-13H,6-11H2,1H3,(H,20,21). The van der Waals surface area contributed by atoms with Crippen LogP contribution in [0.15, 0.2) is 41.0 Å². The summed E-state index contributed by atoms with van der Waals surface area (Å²) in [7, 11) is 0. The highest BCUT2D eigenvalue weighted by molar-refractivity contribution is 5.91. The minimum absolute atomic E-state index is 0.0164. The Morgan fingerprint density at radius 1 is 1.24 bits per heavy atom. The van der Waals surface area contributed by atoms with Crippen molar-refractivity contribution in [3.8, 4) is 0 Å². The molecular formula is C19H22N4O2. The van der Waals surface area contributed by atoms with Crippen molar-refractivity contribution in [2.24, 2.45) is 0 Å². The highest BCUT2D eigenvalue weighted by Gasteiger charge is 2.23. The molecule has 3 heterocycles. The highest BCUT2D eigenvalue weighted by atomic mass is 16.3. The van der Waals surface area contributed by atoms with Gasteiger partial charge in [-0.15, -0.1) is 0 Å². The predicted octanol–water partition coefficient (Wildman–Crippen LogP) is 2.46. The summed E-state index contributed by atoms with van der Waals surface area (Å²) in [5, 5.41) is 0. The second-order valence-corrected chi connectivity index (χ2v) is 6.57. The number of fused-ring (bicyclic) bond motifs is 1. The third-order valence-corrected chi connectivity index (χ3v) is 4.74. The summed E-state index contributed by atoms with van der Waals surface area (Å²) in [6, 6.07) is 9.74. The lowest BCUT2D eigenvalue weighted by atomic mass is 10.2. The Morgan fingerprint density at radius 3 is 2.84 bits per heavy atom. The van der Waals surface area contributed by atoms with Crippen molar-refractivity contribution in [3.05, 3.63) is 53.7 Å². The molecule has 1 amide bonds. The first-order chi connectivity index (χ1) is 12.2. The number of aromatic nitrogens is 2. The van der Waals surface area contributed by atoms with Gasteiger partial charge in [-0.25, -0.2) is 4.98 Å². The van der Waals surface area contributed by atoms with Gasteiger partial charge < -0.3 is 14.3 Å². The Bertz CT molecular complexity index is 861. The van der Waals surface area contributed by atoms with Crippen molar-refractivity contribution in [2.45, 2.75) is 13.3 Å². The Morgan fingerprint density at radius 2 is 2.08 bits per heavy atom. The number of hydrogen-bond donors (Lipinski definition) is 1. The van der Waals surface area contributed by atoms with Crippen LogP contribution in [0.1, 0.15) is 21.9 Å². The fraction of sp³-hybridized carbons (Fsp3) is 0.368. The Hall–Kier alpha value is -2.60. The number of nitrogens with zero attached hydrogens (tertiary/aromatic N) is 3. The lowest BCUT2D eigenvalue weighted by Gasteiger charge is -2.34. The van der Waals surface area contributed by atoms with Crippen LogP contribution in [0, 0.1) is 6.92 Å². The molecule has 2 aromatic heterocycles. The molecule has 0 atom stereocenters. The van der Waals surface area contributed by atoms with Crippen LogP contribution >= 0.6 is 0 Å². The van der Waals surface area contributed by atoms with E-state index in [2.05, 4.69) is 40.0 Å². The molecule has 1 aromatic carbocycles. The first-order valence-electron chi connectivity index (χ1n) is 8.69. The maximum atomic E-state index is 12.3. The molecule has 0 radical (unpaired) electrons. The van der Waals surface area contributed by atoms with E-state index >= 15 is 0 Å². The van der Waals surface area contributed by atoms with Crippen LogP contribution in [-0.4, -0.2) is 58.4 Å². The number of H-pyrrole nitrogens is 1. The minimum Gasteiger partial charge on any atom is -0.459 e.